The third kappa shape index (κ3) is 3.28. The minimum absolute atomic E-state index is 0.295. The number of aromatic nitrogens is 1. The second-order valence-electron chi connectivity index (χ2n) is 5.36. The van der Waals surface area contributed by atoms with Crippen molar-refractivity contribution in [2.24, 2.45) is 5.92 Å². The van der Waals surface area contributed by atoms with E-state index >= 15 is 0 Å². The first kappa shape index (κ1) is 13.5. The highest BCUT2D eigenvalue weighted by atomic mass is 16.3. The van der Waals surface area contributed by atoms with Crippen LogP contribution in [0.15, 0.2) is 24.5 Å². The number of nitrogens with zero attached hydrogens (tertiary/aromatic N) is 3. The molecule has 4 heteroatoms. The summed E-state index contributed by atoms with van der Waals surface area (Å²) in [5.41, 5.74) is 1.26. The lowest BCUT2D eigenvalue weighted by Crippen LogP contribution is -2.51. The van der Waals surface area contributed by atoms with Crippen molar-refractivity contribution in [3.05, 3.63) is 30.1 Å². The summed E-state index contributed by atoms with van der Waals surface area (Å²) >= 11 is 0. The lowest BCUT2D eigenvalue weighted by molar-refractivity contribution is 0.0460. The van der Waals surface area contributed by atoms with Crippen LogP contribution in [0.3, 0.4) is 0 Å². The molecular formula is C14H23N3O. The summed E-state index contributed by atoms with van der Waals surface area (Å²) < 4.78 is 0. The lowest BCUT2D eigenvalue weighted by atomic mass is 9.91. The molecule has 4 nitrogen and oxygen atoms in total. The standard InChI is InChI=1S/C14H23N3O/c1-16(2)14-10-17(7-5-13(14)11-18)9-12-4-3-6-15-8-12/h3-4,6,8,13-14,18H,5,7,9-11H2,1-2H3/t13-,14-/m1/s1. The Balaban J connectivity index is 1.96. The second kappa shape index (κ2) is 6.27. The van der Waals surface area contributed by atoms with Gasteiger partial charge in [-0.1, -0.05) is 6.07 Å². The molecule has 0 aliphatic carbocycles. The van der Waals surface area contributed by atoms with Crippen LogP contribution >= 0.6 is 0 Å². The monoisotopic (exact) mass is 249 g/mol. The van der Waals surface area contributed by atoms with Crippen LogP contribution in [0.4, 0.5) is 0 Å². The molecule has 2 heterocycles. The molecule has 1 aliphatic heterocycles. The fourth-order valence-electron chi connectivity index (χ4n) is 2.74. The van der Waals surface area contributed by atoms with E-state index in [1.165, 1.54) is 5.56 Å². The van der Waals surface area contributed by atoms with Gasteiger partial charge in [0, 0.05) is 38.1 Å². The van der Waals surface area contributed by atoms with E-state index in [1.54, 1.807) is 0 Å². The van der Waals surface area contributed by atoms with E-state index in [-0.39, 0.29) is 0 Å². The Kier molecular flexibility index (Phi) is 4.69. The zero-order valence-corrected chi connectivity index (χ0v) is 11.3. The van der Waals surface area contributed by atoms with Gasteiger partial charge >= 0.3 is 0 Å². The summed E-state index contributed by atoms with van der Waals surface area (Å²) in [6.07, 6.45) is 4.81. The number of aliphatic hydroxyl groups is 1. The maximum absolute atomic E-state index is 9.43. The summed E-state index contributed by atoms with van der Waals surface area (Å²) in [6, 6.07) is 4.55. The Morgan fingerprint density at radius 1 is 1.50 bits per heavy atom. The SMILES string of the molecule is CN(C)[C@@H]1CN(Cc2cccnc2)CC[C@@H]1CO. The van der Waals surface area contributed by atoms with Crippen LogP contribution in [0.25, 0.3) is 0 Å². The average Bonchev–Trinajstić information content (AvgIpc) is 2.40. The molecule has 1 aromatic heterocycles. The molecule has 0 spiro atoms. The molecule has 0 saturated carbocycles. The smallest absolute Gasteiger partial charge is 0.0475 e. The van der Waals surface area contributed by atoms with E-state index in [0.717, 1.165) is 26.1 Å². The Labute approximate surface area is 109 Å². The van der Waals surface area contributed by atoms with Gasteiger partial charge in [-0.2, -0.15) is 0 Å². The molecule has 1 N–H and O–H groups in total. The summed E-state index contributed by atoms with van der Waals surface area (Å²) in [5.74, 6) is 0.408. The number of hydrogen-bond acceptors (Lipinski definition) is 4. The molecule has 2 rings (SSSR count). The molecule has 18 heavy (non-hydrogen) atoms. The van der Waals surface area contributed by atoms with Crippen molar-refractivity contribution in [2.45, 2.75) is 19.0 Å². The number of piperidine rings is 1. The number of hydrogen-bond donors (Lipinski definition) is 1. The first-order valence-electron chi connectivity index (χ1n) is 6.59. The van der Waals surface area contributed by atoms with Crippen molar-refractivity contribution in [2.75, 3.05) is 33.8 Å². The molecule has 0 bridgehead atoms. The van der Waals surface area contributed by atoms with Crippen molar-refractivity contribution in [3.8, 4) is 0 Å². The molecule has 1 aromatic rings. The largest absolute Gasteiger partial charge is 0.396 e. The first-order valence-corrected chi connectivity index (χ1v) is 6.59. The Morgan fingerprint density at radius 2 is 2.33 bits per heavy atom. The molecule has 0 aromatic carbocycles. The molecule has 2 atom stereocenters. The number of pyridine rings is 1. The van der Waals surface area contributed by atoms with Crippen LogP contribution < -0.4 is 0 Å². The van der Waals surface area contributed by atoms with Crippen molar-refractivity contribution < 1.29 is 5.11 Å². The van der Waals surface area contributed by atoms with E-state index < -0.39 is 0 Å². The highest BCUT2D eigenvalue weighted by Gasteiger charge is 2.29. The van der Waals surface area contributed by atoms with E-state index in [1.807, 2.05) is 18.5 Å². The van der Waals surface area contributed by atoms with Crippen LogP contribution in [0.2, 0.25) is 0 Å². The zero-order chi connectivity index (χ0) is 13.0. The first-order chi connectivity index (χ1) is 8.70. The predicted molar refractivity (Wildman–Crippen MR) is 72.2 cm³/mol. The Hall–Kier alpha value is -0.970. The molecule has 100 valence electrons. The van der Waals surface area contributed by atoms with Gasteiger partial charge in [0.15, 0.2) is 0 Å². The maximum atomic E-state index is 9.43. The Bertz CT molecular complexity index is 355. The summed E-state index contributed by atoms with van der Waals surface area (Å²) in [4.78, 5) is 8.84. The number of likely N-dealkylation sites (N-methyl/N-ethyl adjacent to an activating group) is 1. The van der Waals surface area contributed by atoms with Gasteiger partial charge in [-0.3, -0.25) is 9.88 Å². The van der Waals surface area contributed by atoms with E-state index in [4.69, 9.17) is 0 Å². The molecule has 1 fully saturated rings. The predicted octanol–water partition coefficient (Wildman–Crippen LogP) is 0.826. The van der Waals surface area contributed by atoms with Gasteiger partial charge in [-0.15, -0.1) is 0 Å². The van der Waals surface area contributed by atoms with Crippen LogP contribution in [0.1, 0.15) is 12.0 Å². The van der Waals surface area contributed by atoms with Gasteiger partial charge in [0.05, 0.1) is 0 Å². The van der Waals surface area contributed by atoms with Crippen LogP contribution in [0, 0.1) is 5.92 Å². The molecule has 0 unspecified atom stereocenters. The summed E-state index contributed by atoms with van der Waals surface area (Å²) in [5, 5.41) is 9.43. The van der Waals surface area contributed by atoms with Crippen molar-refractivity contribution in [1.82, 2.24) is 14.8 Å². The number of likely N-dealkylation sites (tertiary alicyclic amines) is 1. The molecule has 0 amide bonds. The third-order valence-electron chi connectivity index (χ3n) is 3.83. The number of aliphatic hydroxyl groups excluding tert-OH is 1. The van der Waals surface area contributed by atoms with Crippen LogP contribution in [-0.4, -0.2) is 59.7 Å². The van der Waals surface area contributed by atoms with E-state index in [2.05, 4.69) is 34.9 Å². The molecule has 0 radical (unpaired) electrons. The second-order valence-corrected chi connectivity index (χ2v) is 5.36. The maximum Gasteiger partial charge on any atom is 0.0475 e. The minimum Gasteiger partial charge on any atom is -0.396 e. The fraction of sp³-hybridized carbons (Fsp3) is 0.643. The quantitative estimate of drug-likeness (QED) is 0.858. The normalized spacial score (nSPS) is 25.6. The topological polar surface area (TPSA) is 39.6 Å². The van der Waals surface area contributed by atoms with Crippen molar-refractivity contribution in [1.29, 1.82) is 0 Å². The summed E-state index contributed by atoms with van der Waals surface area (Å²) in [7, 11) is 4.20. The van der Waals surface area contributed by atoms with Gasteiger partial charge in [-0.25, -0.2) is 0 Å². The van der Waals surface area contributed by atoms with Gasteiger partial charge in [0.25, 0.3) is 0 Å². The van der Waals surface area contributed by atoms with Gasteiger partial charge in [-0.05, 0) is 44.6 Å². The van der Waals surface area contributed by atoms with E-state index in [0.29, 0.717) is 18.6 Å². The zero-order valence-electron chi connectivity index (χ0n) is 11.3. The fourth-order valence-corrected chi connectivity index (χ4v) is 2.74. The average molecular weight is 249 g/mol. The minimum atomic E-state index is 0.295. The third-order valence-corrected chi connectivity index (χ3v) is 3.83. The van der Waals surface area contributed by atoms with Crippen molar-refractivity contribution in [3.63, 3.8) is 0 Å². The molecule has 1 aliphatic rings. The highest BCUT2D eigenvalue weighted by Crippen LogP contribution is 2.21. The Morgan fingerprint density at radius 3 is 2.94 bits per heavy atom. The van der Waals surface area contributed by atoms with Crippen LogP contribution in [-0.2, 0) is 6.54 Å². The van der Waals surface area contributed by atoms with Crippen LogP contribution in [0.5, 0.6) is 0 Å². The number of rotatable bonds is 4. The van der Waals surface area contributed by atoms with Gasteiger partial charge < -0.3 is 10.0 Å². The van der Waals surface area contributed by atoms with E-state index in [9.17, 15) is 5.11 Å². The lowest BCUT2D eigenvalue weighted by Gasteiger charge is -2.41. The van der Waals surface area contributed by atoms with Crippen molar-refractivity contribution >= 4 is 0 Å². The van der Waals surface area contributed by atoms with Gasteiger partial charge in [0.2, 0.25) is 0 Å². The highest BCUT2D eigenvalue weighted by molar-refractivity contribution is 5.08. The van der Waals surface area contributed by atoms with Gasteiger partial charge in [0.1, 0.15) is 0 Å². The molecular weight excluding hydrogens is 226 g/mol. The summed E-state index contributed by atoms with van der Waals surface area (Å²) in [6.45, 7) is 3.33. The molecule has 1 saturated heterocycles.